The first-order valence-corrected chi connectivity index (χ1v) is 8.26. The van der Waals surface area contributed by atoms with Crippen LogP contribution in [-0.4, -0.2) is 23.9 Å². The Morgan fingerprint density at radius 1 is 1.04 bits per heavy atom. The molecule has 1 aromatic carbocycles. The highest BCUT2D eigenvalue weighted by Gasteiger charge is 2.48. The Balaban J connectivity index is 2.26. The molecule has 3 aromatic rings. The standard InChI is InChI=1S/C14H6ClF3N2O4S/c15-8-3-11-12(21)10-4-9(24-25(22,23)14(16,17)18)2-1-7(10)5-19-13(11)20-6-8/h1-6H. The highest BCUT2D eigenvalue weighted by Crippen LogP contribution is 2.28. The zero-order valence-corrected chi connectivity index (χ0v) is 13.5. The van der Waals surface area contributed by atoms with Crippen molar-refractivity contribution in [1.29, 1.82) is 0 Å². The van der Waals surface area contributed by atoms with Crippen LogP contribution in [-0.2, 0) is 10.1 Å². The van der Waals surface area contributed by atoms with Crippen LogP contribution in [0.1, 0.15) is 0 Å². The number of halogens is 4. The van der Waals surface area contributed by atoms with Gasteiger partial charge in [-0.25, -0.2) is 9.97 Å². The van der Waals surface area contributed by atoms with Gasteiger partial charge in [-0.05, 0) is 24.3 Å². The summed E-state index contributed by atoms with van der Waals surface area (Å²) in [5.41, 5.74) is -6.14. The predicted molar refractivity (Wildman–Crippen MR) is 83.9 cm³/mol. The number of nitrogens with zero attached hydrogens (tertiary/aromatic N) is 2. The minimum atomic E-state index is -5.85. The van der Waals surface area contributed by atoms with E-state index in [9.17, 15) is 26.4 Å². The molecule has 2 aromatic heterocycles. The average molecular weight is 391 g/mol. The van der Waals surface area contributed by atoms with Gasteiger partial charge < -0.3 is 4.18 Å². The number of pyridine rings is 1. The van der Waals surface area contributed by atoms with Crippen LogP contribution in [0.15, 0.2) is 41.5 Å². The fourth-order valence-electron chi connectivity index (χ4n) is 2.05. The van der Waals surface area contributed by atoms with Gasteiger partial charge in [0.25, 0.3) is 0 Å². The molecule has 2 heterocycles. The van der Waals surface area contributed by atoms with E-state index in [1.54, 1.807) is 0 Å². The summed E-state index contributed by atoms with van der Waals surface area (Å²) in [5, 5.41) is 0.355. The maximum atomic E-state index is 12.6. The maximum absolute atomic E-state index is 12.6. The van der Waals surface area contributed by atoms with Crippen LogP contribution in [0.5, 0.6) is 5.75 Å². The minimum absolute atomic E-state index is 0.0262. The van der Waals surface area contributed by atoms with Crippen molar-refractivity contribution in [2.45, 2.75) is 5.51 Å². The van der Waals surface area contributed by atoms with E-state index >= 15 is 0 Å². The third-order valence-corrected chi connectivity index (χ3v) is 4.35. The lowest BCUT2D eigenvalue weighted by molar-refractivity contribution is -0.0500. The first-order chi connectivity index (χ1) is 11.6. The van der Waals surface area contributed by atoms with Gasteiger partial charge in [0.1, 0.15) is 5.75 Å². The van der Waals surface area contributed by atoms with Gasteiger partial charge in [0.05, 0.1) is 10.4 Å². The Bertz CT molecular complexity index is 1170. The normalized spacial score (nSPS) is 12.5. The van der Waals surface area contributed by atoms with E-state index in [4.69, 9.17) is 11.6 Å². The number of benzene rings is 1. The van der Waals surface area contributed by atoms with Crippen molar-refractivity contribution in [3.8, 4) is 5.75 Å². The molecule has 0 atom stereocenters. The number of aromatic nitrogens is 2. The molecule has 0 spiro atoms. The summed E-state index contributed by atoms with van der Waals surface area (Å²) >= 11 is 5.80. The summed E-state index contributed by atoms with van der Waals surface area (Å²) in [6, 6.07) is 4.39. The first kappa shape index (κ1) is 17.4. The van der Waals surface area contributed by atoms with Crippen LogP contribution < -0.4 is 9.61 Å². The molecule has 0 aliphatic carbocycles. The second-order valence-electron chi connectivity index (χ2n) is 4.84. The molecule has 130 valence electrons. The van der Waals surface area contributed by atoms with Crippen molar-refractivity contribution < 1.29 is 25.8 Å². The third-order valence-electron chi connectivity index (χ3n) is 3.16. The smallest absolute Gasteiger partial charge is 0.376 e. The van der Waals surface area contributed by atoms with Crippen LogP contribution in [0, 0.1) is 0 Å². The van der Waals surface area contributed by atoms with Crippen LogP contribution >= 0.6 is 11.6 Å². The van der Waals surface area contributed by atoms with Gasteiger partial charge in [0.15, 0.2) is 11.1 Å². The van der Waals surface area contributed by atoms with Gasteiger partial charge in [-0.15, -0.1) is 0 Å². The molecule has 0 radical (unpaired) electrons. The van der Waals surface area contributed by atoms with E-state index in [1.165, 1.54) is 24.5 Å². The second kappa shape index (κ2) is 5.81. The van der Waals surface area contributed by atoms with Crippen LogP contribution in [0.25, 0.3) is 21.8 Å². The van der Waals surface area contributed by atoms with Gasteiger partial charge in [-0.1, -0.05) is 11.6 Å². The topological polar surface area (TPSA) is 86.2 Å². The average Bonchev–Trinajstić information content (AvgIpc) is 2.64. The first-order valence-electron chi connectivity index (χ1n) is 6.47. The lowest BCUT2D eigenvalue weighted by Crippen LogP contribution is -2.28. The van der Waals surface area contributed by atoms with Crippen molar-refractivity contribution in [1.82, 2.24) is 9.97 Å². The van der Waals surface area contributed by atoms with Crippen molar-refractivity contribution >= 4 is 43.5 Å². The maximum Gasteiger partial charge on any atom is 0.534 e. The molecule has 0 N–H and O–H groups in total. The zero-order valence-electron chi connectivity index (χ0n) is 11.9. The van der Waals surface area contributed by atoms with Crippen molar-refractivity contribution in [3.05, 3.63) is 51.9 Å². The Kier molecular flexibility index (Phi) is 4.04. The summed E-state index contributed by atoms with van der Waals surface area (Å²) in [6.45, 7) is 0. The lowest BCUT2D eigenvalue weighted by atomic mass is 10.1. The molecule has 0 bridgehead atoms. The van der Waals surface area contributed by atoms with E-state index < -0.39 is 26.8 Å². The molecule has 0 fully saturated rings. The fraction of sp³-hybridized carbons (Fsp3) is 0.0714. The molecule has 0 saturated carbocycles. The SMILES string of the molecule is O=c1c2cc(OS(=O)(=O)C(F)(F)F)ccc2cnc2ncc(Cl)cc12. The molecule has 0 saturated heterocycles. The molecule has 0 aliphatic heterocycles. The van der Waals surface area contributed by atoms with Crippen molar-refractivity contribution in [2.24, 2.45) is 0 Å². The summed E-state index contributed by atoms with van der Waals surface area (Å²) in [5.74, 6) is -0.656. The Hall–Kier alpha value is -2.46. The van der Waals surface area contributed by atoms with Gasteiger partial charge in [-0.2, -0.15) is 21.6 Å². The summed E-state index contributed by atoms with van der Waals surface area (Å²) in [6.07, 6.45) is 2.56. The number of rotatable bonds is 2. The van der Waals surface area contributed by atoms with Gasteiger partial charge in [0, 0.05) is 23.2 Å². The largest absolute Gasteiger partial charge is 0.534 e. The van der Waals surface area contributed by atoms with Crippen LogP contribution in [0.4, 0.5) is 13.2 Å². The molecule has 3 rings (SSSR count). The Labute approximate surface area is 143 Å². The van der Waals surface area contributed by atoms with Gasteiger partial charge >= 0.3 is 15.6 Å². The second-order valence-corrected chi connectivity index (χ2v) is 6.82. The van der Waals surface area contributed by atoms with Crippen LogP contribution in [0.2, 0.25) is 5.02 Å². The fourth-order valence-corrected chi connectivity index (χ4v) is 2.66. The highest BCUT2D eigenvalue weighted by atomic mass is 35.5. The van der Waals surface area contributed by atoms with E-state index in [0.29, 0.717) is 0 Å². The van der Waals surface area contributed by atoms with E-state index in [-0.39, 0.29) is 26.8 Å². The molecule has 0 unspecified atom stereocenters. The van der Waals surface area contributed by atoms with E-state index in [1.807, 2.05) is 0 Å². The zero-order chi connectivity index (χ0) is 18.4. The molecule has 6 nitrogen and oxygen atoms in total. The van der Waals surface area contributed by atoms with E-state index in [2.05, 4.69) is 14.2 Å². The van der Waals surface area contributed by atoms with Crippen LogP contribution in [0.3, 0.4) is 0 Å². The highest BCUT2D eigenvalue weighted by molar-refractivity contribution is 7.88. The lowest BCUT2D eigenvalue weighted by Gasteiger charge is -2.09. The number of fused-ring (bicyclic) bond motifs is 2. The van der Waals surface area contributed by atoms with Gasteiger partial charge in [0.2, 0.25) is 0 Å². The number of alkyl halides is 3. The summed E-state index contributed by atoms with van der Waals surface area (Å²) in [7, 11) is -5.85. The molecule has 0 aliphatic rings. The quantitative estimate of drug-likeness (QED) is 0.494. The predicted octanol–water partition coefficient (Wildman–Crippen LogP) is 3.03. The minimum Gasteiger partial charge on any atom is -0.376 e. The summed E-state index contributed by atoms with van der Waals surface area (Å²) < 4.78 is 63.5. The number of hydrogen-bond acceptors (Lipinski definition) is 6. The molecule has 11 heteroatoms. The van der Waals surface area contributed by atoms with E-state index in [0.717, 1.165) is 12.1 Å². The number of hydrogen-bond donors (Lipinski definition) is 0. The van der Waals surface area contributed by atoms with Gasteiger partial charge in [-0.3, -0.25) is 4.79 Å². The molecular weight excluding hydrogens is 385 g/mol. The third kappa shape index (κ3) is 3.22. The van der Waals surface area contributed by atoms with Crippen molar-refractivity contribution in [2.75, 3.05) is 0 Å². The van der Waals surface area contributed by atoms with Crippen molar-refractivity contribution in [3.63, 3.8) is 0 Å². The monoisotopic (exact) mass is 390 g/mol. The summed E-state index contributed by atoms with van der Waals surface area (Å²) in [4.78, 5) is 20.5. The molecular formula is C14H6ClF3N2O4S. The Morgan fingerprint density at radius 3 is 2.40 bits per heavy atom. The Morgan fingerprint density at radius 2 is 1.72 bits per heavy atom. The molecule has 25 heavy (non-hydrogen) atoms. The molecule has 0 amide bonds.